The van der Waals surface area contributed by atoms with Crippen molar-refractivity contribution in [3.8, 4) is 11.5 Å². The lowest BCUT2D eigenvalue weighted by Crippen LogP contribution is -2.22. The zero-order chi connectivity index (χ0) is 47.1. The normalized spacial score (nSPS) is 11.9. The zero-order valence-electron chi connectivity index (χ0n) is 36.3. The molecule has 0 saturated heterocycles. The summed E-state index contributed by atoms with van der Waals surface area (Å²) in [7, 11) is -1.54. The van der Waals surface area contributed by atoms with Crippen molar-refractivity contribution in [2.24, 2.45) is 20.5 Å². The minimum atomic E-state index is -4.68. The number of azo groups is 2. The molecule has 3 aromatic heterocycles. The Kier molecular flexibility index (Phi) is 15.7. The number of methoxy groups -OCH3 is 2. The lowest BCUT2D eigenvalue weighted by atomic mass is 10.2. The predicted octanol–water partition coefficient (Wildman–Crippen LogP) is 11.8. The number of fused-ring (bicyclic) bond motifs is 2. The number of benzene rings is 4. The molecule has 0 amide bonds. The van der Waals surface area contributed by atoms with E-state index < -0.39 is 15.0 Å². The van der Waals surface area contributed by atoms with Crippen molar-refractivity contribution >= 4 is 144 Å². The Morgan fingerprint density at radius 1 is 0.712 bits per heavy atom. The Morgan fingerprint density at radius 3 is 1.76 bits per heavy atom. The Hall–Kier alpha value is -5.53. The molecule has 0 radical (unpaired) electrons. The number of thiazole rings is 2. The molecule has 0 unspecified atom stereocenters. The van der Waals surface area contributed by atoms with E-state index in [1.165, 1.54) is 35.2 Å². The number of thioether (sulfide) groups is 1. The molecule has 0 atom stereocenters. The van der Waals surface area contributed by atoms with Crippen LogP contribution in [0.1, 0.15) is 27.7 Å². The van der Waals surface area contributed by atoms with Crippen molar-refractivity contribution in [1.82, 2.24) is 24.9 Å². The highest BCUT2D eigenvalue weighted by molar-refractivity contribution is 7.99. The van der Waals surface area contributed by atoms with Crippen molar-refractivity contribution in [3.05, 3.63) is 64.6 Å². The first-order chi connectivity index (χ1) is 31.8. The fourth-order valence-electron chi connectivity index (χ4n) is 6.68. The van der Waals surface area contributed by atoms with Crippen molar-refractivity contribution < 1.29 is 27.6 Å². The second-order valence-electron chi connectivity index (χ2n) is 13.7. The van der Waals surface area contributed by atoms with Gasteiger partial charge in [0, 0.05) is 49.1 Å². The highest BCUT2D eigenvalue weighted by Gasteiger charge is 2.23. The molecule has 66 heavy (non-hydrogen) atoms. The number of hydrogen-bond donors (Lipinski definition) is 4. The molecule has 19 nitrogen and oxygen atoms in total. The molecule has 0 aliphatic heterocycles. The van der Waals surface area contributed by atoms with Gasteiger partial charge in [0.25, 0.3) is 10.1 Å². The molecule has 0 aliphatic carbocycles. The van der Waals surface area contributed by atoms with Gasteiger partial charge in [-0.1, -0.05) is 57.6 Å². The monoisotopic (exact) mass is 1010 g/mol. The average Bonchev–Trinajstić information content (AvgIpc) is 3.91. The van der Waals surface area contributed by atoms with Crippen molar-refractivity contribution in [2.75, 3.05) is 73.2 Å². The molecule has 0 aliphatic rings. The number of ether oxygens (including phenoxy) is 2. The molecule has 4 N–H and O–H groups in total. The molecule has 0 saturated carbocycles. The van der Waals surface area contributed by atoms with Gasteiger partial charge < -0.3 is 35.0 Å². The van der Waals surface area contributed by atoms with Gasteiger partial charge in [-0.3, -0.25) is 4.55 Å². The largest absolute Gasteiger partial charge is 0.494 e. The Bertz CT molecular complexity index is 3060. The summed E-state index contributed by atoms with van der Waals surface area (Å²) in [5.74, 6) is 1.62. The van der Waals surface area contributed by atoms with E-state index >= 15 is 0 Å². The highest BCUT2D eigenvalue weighted by atomic mass is 35.5. The van der Waals surface area contributed by atoms with E-state index in [1.807, 2.05) is 52.0 Å². The number of aliphatic hydroxyl groups excluding tert-OH is 1. The highest BCUT2D eigenvalue weighted by Crippen LogP contribution is 2.44. The molecule has 3 heterocycles. The third-order valence-corrected chi connectivity index (χ3v) is 14.2. The molecule has 0 fully saturated rings. The first kappa shape index (κ1) is 48.4. The topological polar surface area (TPSA) is 237 Å². The van der Waals surface area contributed by atoms with Gasteiger partial charge in [-0.2, -0.15) is 23.4 Å². The number of hydrogen-bond acceptors (Lipinski definition) is 21. The van der Waals surface area contributed by atoms with Gasteiger partial charge in [-0.15, -0.1) is 20.5 Å². The van der Waals surface area contributed by atoms with Crippen molar-refractivity contribution in [1.29, 1.82) is 0 Å². The van der Waals surface area contributed by atoms with E-state index in [0.717, 1.165) is 32.9 Å². The minimum Gasteiger partial charge on any atom is -0.494 e. The Labute approximate surface area is 402 Å². The number of nitrogens with one attached hydrogen (secondary N) is 2. The molecule has 7 aromatic rings. The van der Waals surface area contributed by atoms with Crippen LogP contribution in [-0.4, -0.2) is 95.8 Å². The van der Waals surface area contributed by atoms with Crippen LogP contribution < -0.4 is 29.9 Å². The maximum Gasteiger partial charge on any atom is 0.297 e. The van der Waals surface area contributed by atoms with Crippen LogP contribution in [0.2, 0.25) is 10.0 Å². The van der Waals surface area contributed by atoms with E-state index in [9.17, 15) is 18.1 Å². The van der Waals surface area contributed by atoms with Crippen LogP contribution in [0.4, 0.5) is 56.3 Å². The molecule has 4 aromatic carbocycles. The Morgan fingerprint density at radius 2 is 1.24 bits per heavy atom. The molecule has 7 rings (SSSR count). The van der Waals surface area contributed by atoms with Gasteiger partial charge in [-0.05, 0) is 70.2 Å². The van der Waals surface area contributed by atoms with Gasteiger partial charge in [0.15, 0.2) is 5.16 Å². The summed E-state index contributed by atoms with van der Waals surface area (Å²) in [5, 5.41) is 35.7. The number of rotatable bonds is 20. The van der Waals surface area contributed by atoms with Gasteiger partial charge in [0.2, 0.25) is 22.2 Å². The van der Waals surface area contributed by atoms with E-state index in [-0.39, 0.29) is 44.6 Å². The first-order valence-corrected chi connectivity index (χ1v) is 25.0. The van der Waals surface area contributed by atoms with Crippen LogP contribution in [-0.2, 0) is 10.1 Å². The lowest BCUT2D eigenvalue weighted by Gasteiger charge is -2.25. The van der Waals surface area contributed by atoms with Crippen LogP contribution in [0.3, 0.4) is 0 Å². The standard InChI is InChI=1S/C41H43Cl2N13O6S4/c1-7-55(8-2)30-18-26(28(20-32(30)61-5)51-53-40-46-24-13-11-22(42)17-34(24)64-40)44-37-48-38(50-39(49-37)63-16-15-57)45-27-19-31(56(9-3)10-4)33(62-6)21-29(27)52-54-41-47-25-14-12-23(43)36(35(25)65-41)66(58,59)60/h11-14,17-21,57H,7-10,15-16H2,1-6H3,(H,58,59,60)(H2,44,45,48,49,50). The number of aromatic nitrogens is 5. The van der Waals surface area contributed by atoms with Crippen molar-refractivity contribution in [2.45, 2.75) is 37.7 Å². The predicted molar refractivity (Wildman–Crippen MR) is 265 cm³/mol. The summed E-state index contributed by atoms with van der Waals surface area (Å²) >= 11 is 15.9. The van der Waals surface area contributed by atoms with Gasteiger partial charge in [-0.25, -0.2) is 9.97 Å². The van der Waals surface area contributed by atoms with E-state index in [4.69, 9.17) is 47.6 Å². The van der Waals surface area contributed by atoms with E-state index in [1.54, 1.807) is 32.4 Å². The summed E-state index contributed by atoms with van der Waals surface area (Å²) in [6.45, 7) is 10.7. The first-order valence-electron chi connectivity index (χ1n) is 20.2. The Balaban J connectivity index is 1.32. The summed E-state index contributed by atoms with van der Waals surface area (Å²) < 4.78 is 47.0. The van der Waals surface area contributed by atoms with Crippen LogP contribution in [0.15, 0.2) is 85.1 Å². The quantitative estimate of drug-likeness (QED) is 0.0315. The molecule has 0 bridgehead atoms. The lowest BCUT2D eigenvalue weighted by molar-refractivity contribution is 0.322. The van der Waals surface area contributed by atoms with Gasteiger partial charge in [0.1, 0.15) is 27.8 Å². The molecule has 0 spiro atoms. The van der Waals surface area contributed by atoms with E-state index in [2.05, 4.69) is 50.9 Å². The number of aliphatic hydroxyl groups is 1. The fraction of sp³-hybridized carbons (Fsp3) is 0.293. The number of anilines is 6. The minimum absolute atomic E-state index is 0.0910. The summed E-state index contributed by atoms with van der Waals surface area (Å²) in [6.07, 6.45) is 0. The fourth-order valence-corrected chi connectivity index (χ4v) is 10.7. The zero-order valence-corrected chi connectivity index (χ0v) is 41.1. The summed E-state index contributed by atoms with van der Waals surface area (Å²) in [4.78, 5) is 27.0. The van der Waals surface area contributed by atoms with Crippen LogP contribution in [0.5, 0.6) is 11.5 Å². The number of nitrogens with zero attached hydrogens (tertiary/aromatic N) is 11. The molecule has 25 heteroatoms. The average molecular weight is 1010 g/mol. The van der Waals surface area contributed by atoms with Gasteiger partial charge in [0.05, 0.1) is 69.0 Å². The second-order valence-corrected chi connectivity index (χ2v) is 19.0. The molecular weight excluding hydrogens is 970 g/mol. The SMILES string of the molecule is CCN(CC)c1cc(Nc2nc(Nc3cc(N(CC)CC)c(OC)cc3N=Nc3nc4ccc(Cl)c(S(=O)(=O)O)c4s3)nc(SCCO)n2)c(N=Nc2nc3ccc(Cl)cc3s2)cc1OC. The maximum atomic E-state index is 12.2. The maximum absolute atomic E-state index is 12.2. The van der Waals surface area contributed by atoms with Crippen molar-refractivity contribution in [3.63, 3.8) is 0 Å². The van der Waals surface area contributed by atoms with E-state index in [0.29, 0.717) is 75.8 Å². The smallest absolute Gasteiger partial charge is 0.297 e. The van der Waals surface area contributed by atoms with Crippen LogP contribution in [0, 0.1) is 0 Å². The third-order valence-electron chi connectivity index (χ3n) is 9.77. The van der Waals surface area contributed by atoms with Gasteiger partial charge >= 0.3 is 0 Å². The third kappa shape index (κ3) is 11.0. The number of halogens is 2. The molecular formula is C41H43Cl2N13O6S4. The summed E-state index contributed by atoms with van der Waals surface area (Å²) in [5.41, 5.74) is 4.14. The summed E-state index contributed by atoms with van der Waals surface area (Å²) in [6, 6.07) is 15.5. The molecule has 346 valence electrons. The second kappa shape index (κ2) is 21.4. The van der Waals surface area contributed by atoms with Crippen LogP contribution in [0.25, 0.3) is 20.4 Å². The van der Waals surface area contributed by atoms with Crippen LogP contribution >= 0.6 is 57.6 Å².